The third-order valence-electron chi connectivity index (χ3n) is 14.7. The lowest BCUT2D eigenvalue weighted by Crippen LogP contribution is -2.56. The van der Waals surface area contributed by atoms with E-state index in [1.807, 2.05) is 0 Å². The Morgan fingerprint density at radius 2 is 0.494 bits per heavy atom. The van der Waals surface area contributed by atoms with Crippen molar-refractivity contribution in [3.05, 3.63) is 200 Å². The number of hydrogen-bond donors (Lipinski definition) is 0. The second-order valence-electron chi connectivity index (χ2n) is 19.9. The molecule has 0 amide bonds. The van der Waals surface area contributed by atoms with Crippen LogP contribution in [-0.4, -0.2) is 125 Å². The van der Waals surface area contributed by atoms with Crippen molar-refractivity contribution in [2.24, 2.45) is 0 Å². The van der Waals surface area contributed by atoms with Gasteiger partial charge in [0.2, 0.25) is 0 Å². The molecule has 1 saturated heterocycles. The van der Waals surface area contributed by atoms with E-state index in [4.69, 9.17) is 28.4 Å². The predicted octanol–water partition coefficient (Wildman–Crippen LogP) is 7.98. The number of nitrogens with zero attached hydrogens (tertiary/aromatic N) is 9. The van der Waals surface area contributed by atoms with Gasteiger partial charge in [-0.15, -0.1) is 0 Å². The van der Waals surface area contributed by atoms with Gasteiger partial charge in [0.15, 0.2) is 0 Å². The van der Waals surface area contributed by atoms with E-state index >= 15 is 0 Å². The molecule has 6 aromatic carbocycles. The maximum Gasteiger partial charge on any atom is 0.270 e. The fraction of sp³-hybridized carbons (Fsp3) is 0.333. The van der Waals surface area contributed by atoms with Crippen LogP contribution in [0, 0.1) is 60.7 Å². The molecule has 4 heterocycles. The summed E-state index contributed by atoms with van der Waals surface area (Å²) in [5.41, 5.74) is -0.461. The lowest BCUT2D eigenvalue weighted by molar-refractivity contribution is -0.385. The van der Waals surface area contributed by atoms with Gasteiger partial charge in [-0.05, 0) is 0 Å². The van der Waals surface area contributed by atoms with E-state index in [1.165, 1.54) is 94.1 Å². The zero-order chi connectivity index (χ0) is 57.4. The molecule has 420 valence electrons. The highest BCUT2D eigenvalue weighted by atomic mass is 16.6. The van der Waals surface area contributed by atoms with Gasteiger partial charge >= 0.3 is 0 Å². The Bertz CT molecular complexity index is 3090. The van der Waals surface area contributed by atoms with Crippen LogP contribution in [0.15, 0.2) is 72.8 Å². The molecule has 0 N–H and O–H groups in total. The Balaban J connectivity index is 1.35. The van der Waals surface area contributed by atoms with Gasteiger partial charge in [0.25, 0.3) is 34.1 Å². The van der Waals surface area contributed by atoms with Crippen LogP contribution < -0.4 is 28.4 Å². The fourth-order valence-electron chi connectivity index (χ4n) is 11.4. The van der Waals surface area contributed by atoms with Gasteiger partial charge in [-0.2, -0.15) is 0 Å². The van der Waals surface area contributed by atoms with Gasteiger partial charge in [-0.3, -0.25) is 75.4 Å². The number of nitro groups is 6. The van der Waals surface area contributed by atoms with Gasteiger partial charge in [0, 0.05) is 198 Å². The number of nitro benzene ring substituents is 6. The first-order valence-electron chi connectivity index (χ1n) is 25.4. The molecule has 0 atom stereocenters. The van der Waals surface area contributed by atoms with Crippen molar-refractivity contribution in [2.45, 2.75) is 38.5 Å². The summed E-state index contributed by atoms with van der Waals surface area (Å²) in [5, 5.41) is 77.6. The van der Waals surface area contributed by atoms with Gasteiger partial charge in [-0.25, -0.2) is 0 Å². The molecule has 4 aliphatic rings. The van der Waals surface area contributed by atoms with Crippen LogP contribution >= 0.6 is 0 Å². The van der Waals surface area contributed by atoms with E-state index in [2.05, 4.69) is 14.7 Å². The molecule has 10 rings (SSSR count). The monoisotopic (exact) mass is 1110 g/mol. The summed E-state index contributed by atoms with van der Waals surface area (Å²) < 4.78 is 38.4. The van der Waals surface area contributed by atoms with Crippen LogP contribution in [0.2, 0.25) is 0 Å². The number of fused-ring (bicyclic) bond motifs is 12. The minimum atomic E-state index is -0.633. The van der Waals surface area contributed by atoms with Gasteiger partial charge in [-0.1, -0.05) is 0 Å². The van der Waals surface area contributed by atoms with Crippen molar-refractivity contribution >= 4 is 34.1 Å². The quantitative estimate of drug-likeness (QED) is 0.0976. The molecule has 1 fully saturated rings. The smallest absolute Gasteiger partial charge is 0.270 e. The number of methoxy groups -OCH3 is 3. The first-order chi connectivity index (χ1) is 38.9. The first-order valence-corrected chi connectivity index (χ1v) is 25.4. The molecule has 0 aliphatic carbocycles. The lowest BCUT2D eigenvalue weighted by atomic mass is 9.90. The molecule has 12 bridgehead atoms. The molecule has 4 aliphatic heterocycles. The summed E-state index contributed by atoms with van der Waals surface area (Å²) in [6, 6.07) is 15.2. The van der Waals surface area contributed by atoms with Gasteiger partial charge in [0.1, 0.15) is 54.3 Å². The number of non-ortho nitro benzene ring substituents is 6. The lowest BCUT2D eigenvalue weighted by Gasteiger charge is -2.42. The highest BCUT2D eigenvalue weighted by Crippen LogP contribution is 2.45. The number of ether oxygens (including phenoxy) is 6. The van der Waals surface area contributed by atoms with Crippen LogP contribution in [0.4, 0.5) is 34.1 Å². The molecule has 0 radical (unpaired) electrons. The highest BCUT2D eigenvalue weighted by Gasteiger charge is 2.32. The second-order valence-corrected chi connectivity index (χ2v) is 19.9. The highest BCUT2D eigenvalue weighted by molar-refractivity contribution is 5.64. The molecule has 0 aromatic heterocycles. The summed E-state index contributed by atoms with van der Waals surface area (Å²) in [5.74, 6) is 0.651. The SMILES string of the molecule is COc1c2cc([N+](=O)[O-])cc1Cc1cc([N+](=O)[O-])cc3c1OCCN1CN4CCOc5c(cc([N+](=O)[O-])cc5Cc5cc([N+](=O)[O-])cc(c5OC)Cc5cc([N+](=O)[O-])cc(c5OCCN(C4)C1)Cc1cc([N+](=O)[O-])cc(c1OC)C3)C2. The Kier molecular flexibility index (Phi) is 15.3. The molecule has 0 saturated carbocycles. The number of hydrogen-bond acceptors (Lipinski definition) is 21. The van der Waals surface area contributed by atoms with Crippen molar-refractivity contribution in [3.8, 4) is 34.5 Å². The van der Waals surface area contributed by atoms with Crippen LogP contribution in [-0.2, 0) is 38.5 Å². The van der Waals surface area contributed by atoms with E-state index in [9.17, 15) is 60.7 Å². The average molecular weight is 1110 g/mol. The van der Waals surface area contributed by atoms with Crippen LogP contribution in [0.25, 0.3) is 0 Å². The van der Waals surface area contributed by atoms with Crippen LogP contribution in [0.1, 0.15) is 66.8 Å². The van der Waals surface area contributed by atoms with Crippen molar-refractivity contribution in [2.75, 3.05) is 80.8 Å². The van der Waals surface area contributed by atoms with Crippen LogP contribution in [0.3, 0.4) is 0 Å². The zero-order valence-electron chi connectivity index (χ0n) is 43.9. The van der Waals surface area contributed by atoms with Crippen molar-refractivity contribution in [1.29, 1.82) is 0 Å². The average Bonchev–Trinajstić information content (AvgIpc) is 3.63. The largest absolute Gasteiger partial charge is 0.496 e. The van der Waals surface area contributed by atoms with E-state index in [1.54, 1.807) is 0 Å². The molecular formula is C54H51N9O18. The fourth-order valence-corrected chi connectivity index (χ4v) is 11.4. The molecule has 6 aromatic rings. The third kappa shape index (κ3) is 11.3. The summed E-state index contributed by atoms with van der Waals surface area (Å²) >= 11 is 0. The summed E-state index contributed by atoms with van der Waals surface area (Å²) in [6.45, 7) is 1.87. The van der Waals surface area contributed by atoms with Crippen molar-refractivity contribution in [3.63, 3.8) is 0 Å². The molecule has 27 nitrogen and oxygen atoms in total. The summed E-state index contributed by atoms with van der Waals surface area (Å²) in [7, 11) is 3.98. The van der Waals surface area contributed by atoms with Crippen molar-refractivity contribution in [1.82, 2.24) is 14.7 Å². The molecule has 81 heavy (non-hydrogen) atoms. The van der Waals surface area contributed by atoms with E-state index in [0.717, 1.165) is 0 Å². The topological polar surface area (TPSA) is 324 Å². The standard InChI is InChI=1S/C54H51N9O18/c1-76-49-31-10-37-22-46(61(70)71)24-39-12-33-18-44(59(66)67)20-35(50(33)77-2)14-41-26-48(63(74)75)27-42-15-36-21-45(60(68)69)19-34(51(36)78-3)13-40-25-47(62(72)73)23-38(11-32(49)17-43(16-31)58(64)65)53(40)80-8-5-56-28-55(4-7-79-52(37)39)29-57(30-56)6-9-81-54(41)42/h16-27H,4-15,28-30H2,1-3H3. The first kappa shape index (κ1) is 54.7. The number of benzene rings is 6. The predicted molar refractivity (Wildman–Crippen MR) is 286 cm³/mol. The summed E-state index contributed by atoms with van der Waals surface area (Å²) in [6.07, 6.45) is -1.75. The Morgan fingerprint density at radius 1 is 0.321 bits per heavy atom. The van der Waals surface area contributed by atoms with Gasteiger partial charge < -0.3 is 28.4 Å². The molecule has 0 spiro atoms. The third-order valence-corrected chi connectivity index (χ3v) is 14.7. The van der Waals surface area contributed by atoms with Gasteiger partial charge in [0.05, 0.1) is 70.9 Å². The minimum absolute atomic E-state index is 0.00601. The Morgan fingerprint density at radius 3 is 0.654 bits per heavy atom. The minimum Gasteiger partial charge on any atom is -0.496 e. The normalized spacial score (nSPS) is 17.6. The number of rotatable bonds is 9. The van der Waals surface area contributed by atoms with Crippen LogP contribution in [0.5, 0.6) is 34.5 Å². The molecule has 0 unspecified atom stereocenters. The molecular weight excluding hydrogens is 1060 g/mol. The zero-order valence-corrected chi connectivity index (χ0v) is 43.9. The van der Waals surface area contributed by atoms with Crippen molar-refractivity contribution < 1.29 is 58.0 Å². The Hall–Kier alpha value is -9.60. The van der Waals surface area contributed by atoms with E-state index < -0.39 is 63.7 Å². The summed E-state index contributed by atoms with van der Waals surface area (Å²) in [4.78, 5) is 80.1. The Labute approximate surface area is 459 Å². The maximum absolute atomic E-state index is 13.0. The van der Waals surface area contributed by atoms with E-state index in [0.29, 0.717) is 20.0 Å². The molecule has 27 heteroatoms. The van der Waals surface area contributed by atoms with E-state index in [-0.39, 0.29) is 179 Å². The second kappa shape index (κ2) is 22.6. The maximum atomic E-state index is 13.0.